The predicted molar refractivity (Wildman–Crippen MR) is 87.2 cm³/mol. The van der Waals surface area contributed by atoms with Gasteiger partial charge in [-0.05, 0) is 24.5 Å². The molecule has 0 saturated carbocycles. The molecule has 0 spiro atoms. The smallest absolute Gasteiger partial charge is 0.330 e. The van der Waals surface area contributed by atoms with E-state index in [1.54, 1.807) is 17.9 Å². The second kappa shape index (κ2) is 7.92. The molecule has 124 valence electrons. The predicted octanol–water partition coefficient (Wildman–Crippen LogP) is 1.50. The Hall–Kier alpha value is -2.15. The molecule has 0 aromatic carbocycles. The summed E-state index contributed by atoms with van der Waals surface area (Å²) in [7, 11) is 1.32. The number of fused-ring (bicyclic) bond motifs is 1. The number of carbonyl (C=O) groups excluding carboxylic acids is 3. The second-order valence-corrected chi connectivity index (χ2v) is 6.36. The third-order valence-corrected chi connectivity index (χ3v) is 4.82. The summed E-state index contributed by atoms with van der Waals surface area (Å²) in [6.07, 6.45) is 4.36. The molecule has 2 amide bonds. The van der Waals surface area contributed by atoms with E-state index in [4.69, 9.17) is 0 Å². The van der Waals surface area contributed by atoms with Gasteiger partial charge in [0.25, 0.3) is 5.91 Å². The van der Waals surface area contributed by atoms with Gasteiger partial charge in [0.1, 0.15) is 0 Å². The largest absolute Gasteiger partial charge is 0.466 e. The zero-order valence-corrected chi connectivity index (χ0v) is 14.1. The molecule has 0 bridgehead atoms. The number of esters is 1. The first-order valence-corrected chi connectivity index (χ1v) is 8.22. The molecule has 1 aliphatic heterocycles. The lowest BCUT2D eigenvalue weighted by Gasteiger charge is -2.25. The molecule has 6 nitrogen and oxygen atoms in total. The summed E-state index contributed by atoms with van der Waals surface area (Å²) in [6, 6.07) is 1.87. The summed E-state index contributed by atoms with van der Waals surface area (Å²) in [5.41, 5.74) is 1.06. The van der Waals surface area contributed by atoms with E-state index < -0.39 is 5.97 Å². The first kappa shape index (κ1) is 17.2. The van der Waals surface area contributed by atoms with Gasteiger partial charge in [0.2, 0.25) is 5.91 Å². The zero-order valence-electron chi connectivity index (χ0n) is 13.3. The number of methoxy groups -OCH3 is 1. The van der Waals surface area contributed by atoms with Crippen molar-refractivity contribution in [3.05, 3.63) is 33.5 Å². The minimum atomic E-state index is -0.405. The van der Waals surface area contributed by atoms with Crippen LogP contribution in [0.1, 0.15) is 33.5 Å². The van der Waals surface area contributed by atoms with E-state index in [2.05, 4.69) is 10.1 Å². The van der Waals surface area contributed by atoms with Crippen molar-refractivity contribution in [2.24, 2.45) is 0 Å². The summed E-state index contributed by atoms with van der Waals surface area (Å²) in [5.74, 6) is -0.465. The SMILES string of the molecule is COC(=O)/C=C/CCNC(=O)c1cc2c(s1)CCN(C(C)=O)C2. The summed E-state index contributed by atoms with van der Waals surface area (Å²) >= 11 is 1.49. The zero-order chi connectivity index (χ0) is 16.8. The van der Waals surface area contributed by atoms with Crippen molar-refractivity contribution in [3.63, 3.8) is 0 Å². The van der Waals surface area contributed by atoms with Crippen LogP contribution in [0, 0.1) is 0 Å². The van der Waals surface area contributed by atoms with Gasteiger partial charge < -0.3 is 15.0 Å². The quantitative estimate of drug-likeness (QED) is 0.502. The summed E-state index contributed by atoms with van der Waals surface area (Å²) in [6.45, 7) is 3.31. The molecule has 2 heterocycles. The molecule has 0 radical (unpaired) electrons. The third kappa shape index (κ3) is 4.66. The molecule has 1 aliphatic rings. The van der Waals surface area contributed by atoms with E-state index in [0.717, 1.165) is 12.0 Å². The molecular weight excluding hydrogens is 316 g/mol. The standard InChI is InChI=1S/C16H20N2O4S/c1-11(19)18-8-6-13-12(10-18)9-14(23-13)16(21)17-7-4-3-5-15(20)22-2/h3,5,9H,4,6-8,10H2,1-2H3,(H,17,21)/b5-3+. The van der Waals surface area contributed by atoms with Gasteiger partial charge >= 0.3 is 5.97 Å². The minimum absolute atomic E-state index is 0.0604. The maximum absolute atomic E-state index is 12.1. The fourth-order valence-electron chi connectivity index (χ4n) is 2.32. The Balaban J connectivity index is 1.86. The van der Waals surface area contributed by atoms with E-state index in [0.29, 0.717) is 30.9 Å². The van der Waals surface area contributed by atoms with Crippen LogP contribution in [0.15, 0.2) is 18.2 Å². The molecule has 0 fully saturated rings. The highest BCUT2D eigenvalue weighted by Gasteiger charge is 2.22. The van der Waals surface area contributed by atoms with Crippen LogP contribution in [0.4, 0.5) is 0 Å². The molecule has 1 aromatic rings. The van der Waals surface area contributed by atoms with Gasteiger partial charge in [-0.2, -0.15) is 0 Å². The van der Waals surface area contributed by atoms with Crippen LogP contribution < -0.4 is 5.32 Å². The van der Waals surface area contributed by atoms with Crippen LogP contribution in [0.25, 0.3) is 0 Å². The van der Waals surface area contributed by atoms with Crippen molar-refractivity contribution in [3.8, 4) is 0 Å². The summed E-state index contributed by atoms with van der Waals surface area (Å²) in [4.78, 5) is 38.1. The summed E-state index contributed by atoms with van der Waals surface area (Å²) in [5, 5.41) is 2.82. The number of nitrogens with zero attached hydrogens (tertiary/aromatic N) is 1. The average Bonchev–Trinajstić information content (AvgIpc) is 2.97. The Kier molecular flexibility index (Phi) is 5.92. The molecule has 23 heavy (non-hydrogen) atoms. The second-order valence-electron chi connectivity index (χ2n) is 5.22. The fraction of sp³-hybridized carbons (Fsp3) is 0.438. The van der Waals surface area contributed by atoms with E-state index in [1.807, 2.05) is 6.07 Å². The Morgan fingerprint density at radius 3 is 2.91 bits per heavy atom. The van der Waals surface area contributed by atoms with Crippen LogP contribution in [0.2, 0.25) is 0 Å². The molecule has 0 unspecified atom stereocenters. The van der Waals surface area contributed by atoms with E-state index in [9.17, 15) is 14.4 Å². The normalized spacial score (nSPS) is 13.7. The maximum Gasteiger partial charge on any atom is 0.330 e. The van der Waals surface area contributed by atoms with Crippen LogP contribution in [-0.4, -0.2) is 42.9 Å². The molecule has 2 rings (SSSR count). The van der Waals surface area contributed by atoms with Gasteiger partial charge in [0.05, 0.1) is 12.0 Å². The van der Waals surface area contributed by atoms with Gasteiger partial charge in [0, 0.05) is 37.5 Å². The van der Waals surface area contributed by atoms with Gasteiger partial charge in [0.15, 0.2) is 0 Å². The molecule has 0 aliphatic carbocycles. The minimum Gasteiger partial charge on any atom is -0.466 e. The van der Waals surface area contributed by atoms with Crippen molar-refractivity contribution in [1.82, 2.24) is 10.2 Å². The lowest BCUT2D eigenvalue weighted by atomic mass is 10.1. The number of rotatable bonds is 5. The third-order valence-electron chi connectivity index (χ3n) is 3.59. The number of amides is 2. The van der Waals surface area contributed by atoms with E-state index >= 15 is 0 Å². The highest BCUT2D eigenvalue weighted by Crippen LogP contribution is 2.28. The lowest BCUT2D eigenvalue weighted by molar-refractivity contribution is -0.135. The Morgan fingerprint density at radius 2 is 2.22 bits per heavy atom. The maximum atomic E-state index is 12.1. The van der Waals surface area contributed by atoms with Crippen molar-refractivity contribution >= 4 is 29.1 Å². The first-order valence-electron chi connectivity index (χ1n) is 7.41. The van der Waals surface area contributed by atoms with E-state index in [1.165, 1.54) is 29.4 Å². The van der Waals surface area contributed by atoms with E-state index in [-0.39, 0.29) is 11.8 Å². The van der Waals surface area contributed by atoms with Gasteiger partial charge in [-0.15, -0.1) is 11.3 Å². The van der Waals surface area contributed by atoms with Crippen molar-refractivity contribution in [2.45, 2.75) is 26.3 Å². The van der Waals surface area contributed by atoms with Crippen LogP contribution in [0.3, 0.4) is 0 Å². The summed E-state index contributed by atoms with van der Waals surface area (Å²) < 4.78 is 4.48. The fourth-order valence-corrected chi connectivity index (χ4v) is 3.40. The van der Waals surface area contributed by atoms with Gasteiger partial charge in [-0.1, -0.05) is 6.08 Å². The molecule has 7 heteroatoms. The highest BCUT2D eigenvalue weighted by atomic mass is 32.1. The van der Waals surface area contributed by atoms with Crippen molar-refractivity contribution in [1.29, 1.82) is 0 Å². The van der Waals surface area contributed by atoms with Crippen LogP contribution >= 0.6 is 11.3 Å². The Morgan fingerprint density at radius 1 is 1.43 bits per heavy atom. The van der Waals surface area contributed by atoms with Gasteiger partial charge in [-0.3, -0.25) is 9.59 Å². The van der Waals surface area contributed by atoms with Crippen LogP contribution in [0.5, 0.6) is 0 Å². The lowest BCUT2D eigenvalue weighted by Crippen LogP contribution is -2.33. The Bertz CT molecular complexity index is 636. The highest BCUT2D eigenvalue weighted by molar-refractivity contribution is 7.14. The molecular formula is C16H20N2O4S. The molecule has 1 aromatic heterocycles. The Labute approximate surface area is 139 Å². The number of thiophene rings is 1. The van der Waals surface area contributed by atoms with Crippen LogP contribution in [-0.2, 0) is 27.3 Å². The number of ether oxygens (including phenoxy) is 1. The van der Waals surface area contributed by atoms with Crippen molar-refractivity contribution < 1.29 is 19.1 Å². The molecule has 0 atom stereocenters. The van der Waals surface area contributed by atoms with Crippen molar-refractivity contribution in [2.75, 3.05) is 20.2 Å². The average molecular weight is 336 g/mol. The molecule has 1 N–H and O–H groups in total. The topological polar surface area (TPSA) is 75.7 Å². The number of carbonyl (C=O) groups is 3. The monoisotopic (exact) mass is 336 g/mol. The number of nitrogens with one attached hydrogen (secondary N) is 1. The molecule has 0 saturated heterocycles. The first-order chi connectivity index (χ1) is 11.0. The number of hydrogen-bond acceptors (Lipinski definition) is 5. The van der Waals surface area contributed by atoms with Gasteiger partial charge in [-0.25, -0.2) is 4.79 Å². The number of hydrogen-bond donors (Lipinski definition) is 1.